The van der Waals surface area contributed by atoms with Crippen LogP contribution in [0.25, 0.3) is 11.3 Å². The molecule has 1 aromatic carbocycles. The smallest absolute Gasteiger partial charge is 0.424 e. The van der Waals surface area contributed by atoms with E-state index in [1.54, 1.807) is 0 Å². The minimum atomic E-state index is -5.23. The molecule has 0 radical (unpaired) electrons. The Morgan fingerprint density at radius 2 is 1.94 bits per heavy atom. The lowest BCUT2D eigenvalue weighted by atomic mass is 9.81. The van der Waals surface area contributed by atoms with E-state index in [9.17, 15) is 36.2 Å². The number of pyridine rings is 1. The van der Waals surface area contributed by atoms with Gasteiger partial charge in [0.15, 0.2) is 0 Å². The summed E-state index contributed by atoms with van der Waals surface area (Å²) in [4.78, 5) is 16.6. The maximum atomic E-state index is 13.7. The van der Waals surface area contributed by atoms with Crippen molar-refractivity contribution in [3.8, 4) is 17.0 Å². The van der Waals surface area contributed by atoms with Crippen molar-refractivity contribution in [2.75, 3.05) is 19.7 Å². The molecule has 174 valence electrons. The molecule has 3 rings (SSSR count). The fraction of sp³-hybridized carbons (Fsp3) is 0.400. The number of carbonyl (C=O) groups excluding carboxylic acids is 1. The standard InChI is InChI=1S/C20H19F6N3O3/c1-18(17(30)28-7-14(22)23)9-32-16-12(18)6-13(19(31,8-27)20(24,25)26)29-15(16)10-2-4-11(21)5-3-10/h2-6,14,31H,7-9,27H2,1H3,(H,28,30)/t18-,19?/m0/s1. The van der Waals surface area contributed by atoms with Gasteiger partial charge in [0.25, 0.3) is 6.43 Å². The van der Waals surface area contributed by atoms with Crippen LogP contribution >= 0.6 is 0 Å². The molecule has 4 N–H and O–H groups in total. The van der Waals surface area contributed by atoms with Gasteiger partial charge >= 0.3 is 6.18 Å². The van der Waals surface area contributed by atoms with Gasteiger partial charge in [0, 0.05) is 17.7 Å². The molecular weight excluding hydrogens is 444 g/mol. The summed E-state index contributed by atoms with van der Waals surface area (Å²) < 4.78 is 85.1. The fourth-order valence-electron chi connectivity index (χ4n) is 3.32. The number of halogens is 6. The minimum absolute atomic E-state index is 0.0865. The molecule has 2 aromatic rings. The van der Waals surface area contributed by atoms with Crippen molar-refractivity contribution in [2.45, 2.75) is 30.5 Å². The lowest BCUT2D eigenvalue weighted by Crippen LogP contribution is -2.49. The first-order valence-corrected chi connectivity index (χ1v) is 9.34. The molecule has 12 heteroatoms. The number of aromatic nitrogens is 1. The van der Waals surface area contributed by atoms with Gasteiger partial charge in [-0.2, -0.15) is 13.2 Å². The summed E-state index contributed by atoms with van der Waals surface area (Å²) in [6, 6.07) is 5.37. The van der Waals surface area contributed by atoms with Gasteiger partial charge in [-0.25, -0.2) is 18.2 Å². The molecule has 0 saturated carbocycles. The molecule has 2 heterocycles. The maximum Gasteiger partial charge on any atom is 0.424 e. The maximum absolute atomic E-state index is 13.7. The molecule has 32 heavy (non-hydrogen) atoms. The molecule has 1 amide bonds. The summed E-state index contributed by atoms with van der Waals surface area (Å²) in [7, 11) is 0. The molecule has 1 aliphatic heterocycles. The van der Waals surface area contributed by atoms with Crippen LogP contribution in [-0.4, -0.2) is 48.3 Å². The minimum Gasteiger partial charge on any atom is -0.489 e. The van der Waals surface area contributed by atoms with E-state index in [1.165, 1.54) is 19.1 Å². The lowest BCUT2D eigenvalue weighted by molar-refractivity contribution is -0.263. The second-order valence-corrected chi connectivity index (χ2v) is 7.52. The third kappa shape index (κ3) is 3.99. The first kappa shape index (κ1) is 23.8. The highest BCUT2D eigenvalue weighted by Crippen LogP contribution is 2.47. The molecule has 0 bridgehead atoms. The molecule has 1 aromatic heterocycles. The number of nitrogens with two attached hydrogens (primary N) is 1. The van der Waals surface area contributed by atoms with Crippen LogP contribution in [0.3, 0.4) is 0 Å². The van der Waals surface area contributed by atoms with Gasteiger partial charge < -0.3 is 20.9 Å². The Kier molecular flexibility index (Phi) is 6.13. The first-order valence-electron chi connectivity index (χ1n) is 9.34. The van der Waals surface area contributed by atoms with Gasteiger partial charge in [0.05, 0.1) is 12.2 Å². The van der Waals surface area contributed by atoms with Crippen molar-refractivity contribution in [2.24, 2.45) is 5.73 Å². The molecule has 2 atom stereocenters. The van der Waals surface area contributed by atoms with Gasteiger partial charge in [0.2, 0.25) is 11.5 Å². The van der Waals surface area contributed by atoms with E-state index in [0.29, 0.717) is 0 Å². The van der Waals surface area contributed by atoms with Crippen molar-refractivity contribution in [3.63, 3.8) is 0 Å². The van der Waals surface area contributed by atoms with Crippen LogP contribution in [-0.2, 0) is 15.8 Å². The Morgan fingerprint density at radius 1 is 1.31 bits per heavy atom. The van der Waals surface area contributed by atoms with E-state index >= 15 is 0 Å². The van der Waals surface area contributed by atoms with Crippen molar-refractivity contribution in [3.05, 3.63) is 47.4 Å². The average molecular weight is 463 g/mol. The van der Waals surface area contributed by atoms with E-state index in [-0.39, 0.29) is 29.2 Å². The lowest BCUT2D eigenvalue weighted by Gasteiger charge is -2.30. The number of nitrogens with zero attached hydrogens (tertiary/aromatic N) is 1. The number of carbonyl (C=O) groups is 1. The van der Waals surface area contributed by atoms with Crippen molar-refractivity contribution in [1.82, 2.24) is 10.3 Å². The highest BCUT2D eigenvalue weighted by atomic mass is 19.4. The molecule has 1 aliphatic rings. The van der Waals surface area contributed by atoms with Crippen LogP contribution < -0.4 is 15.8 Å². The third-order valence-corrected chi connectivity index (χ3v) is 5.30. The predicted molar refractivity (Wildman–Crippen MR) is 100 cm³/mol. The Labute approximate surface area is 178 Å². The second-order valence-electron chi connectivity index (χ2n) is 7.52. The van der Waals surface area contributed by atoms with E-state index in [0.717, 1.165) is 18.2 Å². The van der Waals surface area contributed by atoms with E-state index in [2.05, 4.69) is 4.98 Å². The van der Waals surface area contributed by atoms with Crippen molar-refractivity contribution < 1.29 is 41.0 Å². The molecule has 0 fully saturated rings. The van der Waals surface area contributed by atoms with Gasteiger partial charge in [-0.3, -0.25) is 4.79 Å². The monoisotopic (exact) mass is 463 g/mol. The van der Waals surface area contributed by atoms with Crippen LogP contribution in [0.15, 0.2) is 30.3 Å². The predicted octanol–water partition coefficient (Wildman–Crippen LogP) is 2.63. The van der Waals surface area contributed by atoms with Gasteiger partial charge in [0.1, 0.15) is 29.3 Å². The Balaban J connectivity index is 2.24. The first-order chi connectivity index (χ1) is 14.8. The highest BCUT2D eigenvalue weighted by molar-refractivity contribution is 5.91. The highest BCUT2D eigenvalue weighted by Gasteiger charge is 2.56. The number of alkyl halides is 5. The van der Waals surface area contributed by atoms with Crippen LogP contribution in [0.5, 0.6) is 5.75 Å². The summed E-state index contributed by atoms with van der Waals surface area (Å²) in [6.45, 7) is -1.33. The van der Waals surface area contributed by atoms with E-state index in [4.69, 9.17) is 10.5 Å². The third-order valence-electron chi connectivity index (χ3n) is 5.30. The Morgan fingerprint density at radius 3 is 2.47 bits per heavy atom. The van der Waals surface area contributed by atoms with Crippen LogP contribution in [0.1, 0.15) is 18.2 Å². The molecule has 1 unspecified atom stereocenters. The fourth-order valence-corrected chi connectivity index (χ4v) is 3.32. The number of hydrogen-bond acceptors (Lipinski definition) is 5. The number of amides is 1. The summed E-state index contributed by atoms with van der Waals surface area (Å²) >= 11 is 0. The Bertz CT molecular complexity index is 1010. The Hall–Kier alpha value is -2.86. The summed E-state index contributed by atoms with van der Waals surface area (Å²) in [6.07, 6.45) is -8.07. The number of nitrogens with one attached hydrogen (secondary N) is 1. The van der Waals surface area contributed by atoms with Crippen LogP contribution in [0.4, 0.5) is 26.3 Å². The van der Waals surface area contributed by atoms with Gasteiger partial charge in [-0.15, -0.1) is 0 Å². The SMILES string of the molecule is C[C@]1(C(=O)NCC(F)F)COc2c1cc(C(O)(CN)C(F)(F)F)nc2-c1ccc(F)cc1. The van der Waals surface area contributed by atoms with Crippen LogP contribution in [0.2, 0.25) is 0 Å². The molecule has 0 spiro atoms. The van der Waals surface area contributed by atoms with E-state index < -0.39 is 54.1 Å². The number of rotatable bonds is 6. The van der Waals surface area contributed by atoms with Crippen molar-refractivity contribution in [1.29, 1.82) is 0 Å². The normalized spacial score (nSPS) is 19.9. The number of ether oxygens (including phenoxy) is 1. The summed E-state index contributed by atoms with van der Waals surface area (Å²) in [5.41, 5.74) is -1.08. The largest absolute Gasteiger partial charge is 0.489 e. The zero-order chi connectivity index (χ0) is 23.9. The van der Waals surface area contributed by atoms with Gasteiger partial charge in [-0.05, 0) is 37.3 Å². The number of benzene rings is 1. The zero-order valence-electron chi connectivity index (χ0n) is 16.6. The molecular formula is C20H19F6N3O3. The number of fused-ring (bicyclic) bond motifs is 1. The quantitative estimate of drug-likeness (QED) is 0.573. The zero-order valence-corrected chi connectivity index (χ0v) is 16.6. The van der Waals surface area contributed by atoms with E-state index in [1.807, 2.05) is 5.32 Å². The second kappa shape index (κ2) is 8.24. The average Bonchev–Trinajstić information content (AvgIpc) is 3.08. The summed E-state index contributed by atoms with van der Waals surface area (Å²) in [5.74, 6) is -1.62. The van der Waals surface area contributed by atoms with Crippen molar-refractivity contribution >= 4 is 5.91 Å². The molecule has 0 saturated heterocycles. The molecule has 0 aliphatic carbocycles. The number of aliphatic hydroxyl groups is 1. The number of hydrogen-bond donors (Lipinski definition) is 3. The summed E-state index contributed by atoms with van der Waals surface area (Å²) in [5, 5.41) is 12.4. The molecule has 6 nitrogen and oxygen atoms in total. The van der Waals surface area contributed by atoms with Crippen LogP contribution in [0, 0.1) is 5.82 Å². The van der Waals surface area contributed by atoms with Gasteiger partial charge in [-0.1, -0.05) is 0 Å². The topological polar surface area (TPSA) is 97.5 Å².